The van der Waals surface area contributed by atoms with Crippen LogP contribution in [0.2, 0.25) is 0 Å². The summed E-state index contributed by atoms with van der Waals surface area (Å²) in [6.07, 6.45) is 6.03. The molecule has 1 N–H and O–H groups in total. The molecule has 2 heterocycles. The molecule has 162 valence electrons. The molecule has 0 spiro atoms. The van der Waals surface area contributed by atoms with Gasteiger partial charge in [-0.3, -0.25) is 9.36 Å². The maximum atomic E-state index is 12.3. The number of aryl methyl sites for hydroxylation is 2. The summed E-state index contributed by atoms with van der Waals surface area (Å²) in [6.45, 7) is 1.90. The van der Waals surface area contributed by atoms with E-state index in [0.29, 0.717) is 36.0 Å². The SMILES string of the molecule is COc1ccc(CCC(=O)Nc2ccc(Oc3cc(-n4ccnc4C)ncn3)cc2)cc1. The van der Waals surface area contributed by atoms with Gasteiger partial charge in [0, 0.05) is 30.6 Å². The summed E-state index contributed by atoms with van der Waals surface area (Å²) < 4.78 is 12.8. The number of carbonyl (C=O) groups is 1. The standard InChI is InChI=1S/C24H23N5O3/c1-17-25-13-14-29(17)22-15-24(27-16-26-22)32-21-10-6-19(7-11-21)28-23(30)12-5-18-3-8-20(31-2)9-4-18/h3-4,6-11,13-16H,5,12H2,1-2H3,(H,28,30). The van der Waals surface area contributed by atoms with Crippen molar-refractivity contribution in [2.24, 2.45) is 0 Å². The van der Waals surface area contributed by atoms with E-state index in [1.54, 1.807) is 43.6 Å². The number of rotatable bonds is 8. The van der Waals surface area contributed by atoms with Gasteiger partial charge in [0.15, 0.2) is 0 Å². The van der Waals surface area contributed by atoms with E-state index in [2.05, 4.69) is 20.3 Å². The van der Waals surface area contributed by atoms with Crippen LogP contribution < -0.4 is 14.8 Å². The molecule has 4 aromatic rings. The minimum atomic E-state index is -0.0503. The predicted molar refractivity (Wildman–Crippen MR) is 120 cm³/mol. The Bertz CT molecular complexity index is 1190. The first kappa shape index (κ1) is 21.0. The summed E-state index contributed by atoms with van der Waals surface area (Å²) in [5.41, 5.74) is 1.79. The van der Waals surface area contributed by atoms with Gasteiger partial charge in [0.05, 0.1) is 7.11 Å². The molecule has 0 atom stereocenters. The summed E-state index contributed by atoms with van der Waals surface area (Å²) >= 11 is 0. The molecule has 0 saturated heterocycles. The minimum Gasteiger partial charge on any atom is -0.497 e. The maximum absolute atomic E-state index is 12.3. The lowest BCUT2D eigenvalue weighted by atomic mass is 10.1. The van der Waals surface area contributed by atoms with Gasteiger partial charge in [-0.05, 0) is 55.3 Å². The van der Waals surface area contributed by atoms with Crippen LogP contribution in [0, 0.1) is 6.92 Å². The van der Waals surface area contributed by atoms with Gasteiger partial charge in [0.25, 0.3) is 0 Å². The van der Waals surface area contributed by atoms with E-state index in [0.717, 1.165) is 17.1 Å². The highest BCUT2D eigenvalue weighted by Gasteiger charge is 2.07. The molecule has 0 fully saturated rings. The number of hydrogen-bond acceptors (Lipinski definition) is 6. The molecular weight excluding hydrogens is 406 g/mol. The molecule has 8 heteroatoms. The monoisotopic (exact) mass is 429 g/mol. The molecule has 0 saturated carbocycles. The zero-order chi connectivity index (χ0) is 22.3. The number of carbonyl (C=O) groups excluding carboxylic acids is 1. The van der Waals surface area contributed by atoms with Gasteiger partial charge in [0.2, 0.25) is 11.8 Å². The second-order valence-electron chi connectivity index (χ2n) is 7.08. The van der Waals surface area contributed by atoms with Gasteiger partial charge in [0.1, 0.15) is 29.5 Å². The lowest BCUT2D eigenvalue weighted by Crippen LogP contribution is -2.12. The molecule has 0 radical (unpaired) electrons. The quantitative estimate of drug-likeness (QED) is 0.448. The van der Waals surface area contributed by atoms with Crippen molar-refractivity contribution in [1.82, 2.24) is 19.5 Å². The summed E-state index contributed by atoms with van der Waals surface area (Å²) in [5, 5.41) is 2.90. The number of nitrogens with one attached hydrogen (secondary N) is 1. The first-order chi connectivity index (χ1) is 15.6. The molecule has 0 bridgehead atoms. The van der Waals surface area contributed by atoms with E-state index in [1.807, 2.05) is 42.0 Å². The normalized spacial score (nSPS) is 10.6. The van der Waals surface area contributed by atoms with Gasteiger partial charge in [-0.15, -0.1) is 0 Å². The van der Waals surface area contributed by atoms with E-state index in [9.17, 15) is 4.79 Å². The van der Waals surface area contributed by atoms with Crippen LogP contribution in [0.1, 0.15) is 17.8 Å². The zero-order valence-corrected chi connectivity index (χ0v) is 17.9. The van der Waals surface area contributed by atoms with Crippen molar-refractivity contribution in [1.29, 1.82) is 0 Å². The Balaban J connectivity index is 1.32. The number of benzene rings is 2. The Morgan fingerprint density at radius 2 is 1.75 bits per heavy atom. The Morgan fingerprint density at radius 3 is 2.44 bits per heavy atom. The van der Waals surface area contributed by atoms with Crippen LogP contribution >= 0.6 is 0 Å². The largest absolute Gasteiger partial charge is 0.497 e. The number of amides is 1. The second kappa shape index (κ2) is 9.74. The molecule has 0 unspecified atom stereocenters. The van der Waals surface area contributed by atoms with Gasteiger partial charge in [-0.2, -0.15) is 0 Å². The summed E-state index contributed by atoms with van der Waals surface area (Å²) in [5.74, 6) is 3.27. The van der Waals surface area contributed by atoms with E-state index in [-0.39, 0.29) is 5.91 Å². The molecule has 1 amide bonds. The van der Waals surface area contributed by atoms with E-state index < -0.39 is 0 Å². The number of hydrogen-bond donors (Lipinski definition) is 1. The third-order valence-corrected chi connectivity index (χ3v) is 4.86. The highest BCUT2D eigenvalue weighted by Crippen LogP contribution is 2.23. The van der Waals surface area contributed by atoms with Gasteiger partial charge in [-0.1, -0.05) is 12.1 Å². The molecule has 2 aromatic carbocycles. The van der Waals surface area contributed by atoms with Crippen LogP contribution in [0.25, 0.3) is 5.82 Å². The second-order valence-corrected chi connectivity index (χ2v) is 7.08. The first-order valence-corrected chi connectivity index (χ1v) is 10.1. The fraction of sp³-hybridized carbons (Fsp3) is 0.167. The number of imidazole rings is 1. The third-order valence-electron chi connectivity index (χ3n) is 4.86. The van der Waals surface area contributed by atoms with Crippen LogP contribution in [0.3, 0.4) is 0 Å². The molecular formula is C24H23N5O3. The number of methoxy groups -OCH3 is 1. The van der Waals surface area contributed by atoms with Crippen molar-refractivity contribution in [3.05, 3.63) is 84.7 Å². The van der Waals surface area contributed by atoms with Gasteiger partial charge in [-0.25, -0.2) is 15.0 Å². The Kier molecular flexibility index (Phi) is 6.41. The minimum absolute atomic E-state index is 0.0503. The zero-order valence-electron chi connectivity index (χ0n) is 17.9. The average Bonchev–Trinajstić information content (AvgIpc) is 3.25. The van der Waals surface area contributed by atoms with Crippen LogP contribution in [0.5, 0.6) is 17.4 Å². The molecule has 2 aromatic heterocycles. The highest BCUT2D eigenvalue weighted by molar-refractivity contribution is 5.90. The number of ether oxygens (including phenoxy) is 2. The lowest BCUT2D eigenvalue weighted by molar-refractivity contribution is -0.116. The van der Waals surface area contributed by atoms with Crippen molar-refractivity contribution in [2.45, 2.75) is 19.8 Å². The average molecular weight is 429 g/mol. The molecule has 0 aliphatic rings. The van der Waals surface area contributed by atoms with E-state index >= 15 is 0 Å². The van der Waals surface area contributed by atoms with Crippen molar-refractivity contribution in [3.63, 3.8) is 0 Å². The van der Waals surface area contributed by atoms with Crippen LogP contribution in [-0.2, 0) is 11.2 Å². The third kappa shape index (κ3) is 5.28. The summed E-state index contributed by atoms with van der Waals surface area (Å²) in [4.78, 5) is 24.9. The predicted octanol–water partition coefficient (Wildman–Crippen LogP) is 4.34. The van der Waals surface area contributed by atoms with Crippen LogP contribution in [0.15, 0.2) is 73.3 Å². The maximum Gasteiger partial charge on any atom is 0.224 e. The van der Waals surface area contributed by atoms with Crippen molar-refractivity contribution >= 4 is 11.6 Å². The van der Waals surface area contributed by atoms with E-state index in [1.165, 1.54) is 6.33 Å². The topological polar surface area (TPSA) is 91.2 Å². The van der Waals surface area contributed by atoms with E-state index in [4.69, 9.17) is 9.47 Å². The summed E-state index contributed by atoms with van der Waals surface area (Å²) in [6, 6.07) is 16.6. The molecule has 4 rings (SSSR count). The first-order valence-electron chi connectivity index (χ1n) is 10.1. The van der Waals surface area contributed by atoms with Crippen molar-refractivity contribution in [3.8, 4) is 23.2 Å². The van der Waals surface area contributed by atoms with Gasteiger partial charge < -0.3 is 14.8 Å². The fourth-order valence-electron chi connectivity index (χ4n) is 3.14. The van der Waals surface area contributed by atoms with Crippen molar-refractivity contribution < 1.29 is 14.3 Å². The highest BCUT2D eigenvalue weighted by atomic mass is 16.5. The molecule has 8 nitrogen and oxygen atoms in total. The van der Waals surface area contributed by atoms with Gasteiger partial charge >= 0.3 is 0 Å². The molecule has 0 aliphatic carbocycles. The fourth-order valence-corrected chi connectivity index (χ4v) is 3.14. The van der Waals surface area contributed by atoms with Crippen LogP contribution in [-0.4, -0.2) is 32.5 Å². The lowest BCUT2D eigenvalue weighted by Gasteiger charge is -2.09. The Morgan fingerprint density at radius 1 is 1.00 bits per heavy atom. The Labute approximate surface area is 185 Å². The molecule has 0 aliphatic heterocycles. The molecule has 32 heavy (non-hydrogen) atoms. The van der Waals surface area contributed by atoms with Crippen LogP contribution in [0.4, 0.5) is 5.69 Å². The number of anilines is 1. The number of aromatic nitrogens is 4. The summed E-state index contributed by atoms with van der Waals surface area (Å²) in [7, 11) is 1.63. The van der Waals surface area contributed by atoms with Crippen molar-refractivity contribution in [2.75, 3.05) is 12.4 Å². The number of nitrogens with zero attached hydrogens (tertiary/aromatic N) is 4. The Hall–Kier alpha value is -4.20. The smallest absolute Gasteiger partial charge is 0.224 e.